The Balaban J connectivity index is 2.02. The first-order valence-electron chi connectivity index (χ1n) is 6.63. The van der Waals surface area contributed by atoms with E-state index in [1.165, 1.54) is 11.3 Å². The van der Waals surface area contributed by atoms with Gasteiger partial charge in [0, 0.05) is 13.6 Å². The molecule has 1 heterocycles. The summed E-state index contributed by atoms with van der Waals surface area (Å²) in [4.78, 5) is 14.9. The molecular weight excluding hydrogens is 270 g/mol. The molecule has 2 aromatic rings. The molecule has 0 bridgehead atoms. The van der Waals surface area contributed by atoms with Crippen LogP contribution < -0.4 is 4.74 Å². The predicted octanol–water partition coefficient (Wildman–Crippen LogP) is 3.73. The molecule has 1 aromatic carbocycles. The van der Waals surface area contributed by atoms with Gasteiger partial charge >= 0.3 is 0 Å². The van der Waals surface area contributed by atoms with Crippen molar-refractivity contribution >= 4 is 17.2 Å². The third kappa shape index (κ3) is 3.39. The maximum absolute atomic E-state index is 12.3. The summed E-state index contributed by atoms with van der Waals surface area (Å²) in [7, 11) is 1.83. The van der Waals surface area contributed by atoms with Crippen molar-refractivity contribution < 1.29 is 9.53 Å². The average molecular weight is 289 g/mol. The zero-order chi connectivity index (χ0) is 14.5. The lowest BCUT2D eigenvalue weighted by molar-refractivity contribution is 0.0789. The summed E-state index contributed by atoms with van der Waals surface area (Å²) in [6, 6.07) is 9.84. The van der Waals surface area contributed by atoms with Gasteiger partial charge in [-0.1, -0.05) is 12.1 Å². The van der Waals surface area contributed by atoms with Crippen LogP contribution in [0.3, 0.4) is 0 Å². The molecule has 0 atom stereocenters. The lowest BCUT2D eigenvalue weighted by Gasteiger charge is -2.17. The van der Waals surface area contributed by atoms with Crippen molar-refractivity contribution in [1.29, 1.82) is 0 Å². The topological polar surface area (TPSA) is 29.5 Å². The van der Waals surface area contributed by atoms with Gasteiger partial charge in [-0.25, -0.2) is 0 Å². The van der Waals surface area contributed by atoms with E-state index in [4.69, 9.17) is 4.74 Å². The molecule has 0 saturated heterocycles. The maximum Gasteiger partial charge on any atom is 0.264 e. The molecule has 1 amide bonds. The van der Waals surface area contributed by atoms with Gasteiger partial charge in [0.05, 0.1) is 11.5 Å². The lowest BCUT2D eigenvalue weighted by Crippen LogP contribution is -2.25. The van der Waals surface area contributed by atoms with Crippen molar-refractivity contribution in [3.05, 3.63) is 51.7 Å². The van der Waals surface area contributed by atoms with Gasteiger partial charge in [0.15, 0.2) is 0 Å². The van der Waals surface area contributed by atoms with E-state index in [-0.39, 0.29) is 5.91 Å². The van der Waals surface area contributed by atoms with E-state index in [0.717, 1.165) is 21.8 Å². The van der Waals surface area contributed by atoms with Crippen molar-refractivity contribution in [2.75, 3.05) is 13.7 Å². The second-order valence-electron chi connectivity index (χ2n) is 4.67. The van der Waals surface area contributed by atoms with Crippen molar-refractivity contribution in [3.63, 3.8) is 0 Å². The van der Waals surface area contributed by atoms with Crippen LogP contribution in [0.2, 0.25) is 0 Å². The Bertz CT molecular complexity index is 574. The molecule has 1 aromatic heterocycles. The molecule has 0 radical (unpaired) electrons. The summed E-state index contributed by atoms with van der Waals surface area (Å²) in [5.74, 6) is 0.936. The number of hydrogen-bond donors (Lipinski definition) is 0. The van der Waals surface area contributed by atoms with E-state index in [9.17, 15) is 4.79 Å². The van der Waals surface area contributed by atoms with Crippen molar-refractivity contribution in [2.24, 2.45) is 0 Å². The molecule has 2 rings (SSSR count). The smallest absolute Gasteiger partial charge is 0.264 e. The normalized spacial score (nSPS) is 10.3. The number of carbonyl (C=O) groups is 1. The van der Waals surface area contributed by atoms with E-state index < -0.39 is 0 Å². The third-order valence-corrected chi connectivity index (χ3v) is 4.06. The molecule has 0 N–H and O–H groups in total. The number of hydrogen-bond acceptors (Lipinski definition) is 3. The molecule has 0 aliphatic carbocycles. The van der Waals surface area contributed by atoms with Gasteiger partial charge in [0.2, 0.25) is 0 Å². The Morgan fingerprint density at radius 2 is 1.95 bits per heavy atom. The molecule has 3 nitrogen and oxygen atoms in total. The van der Waals surface area contributed by atoms with Crippen LogP contribution in [0.25, 0.3) is 0 Å². The fourth-order valence-corrected chi connectivity index (χ4v) is 2.89. The number of aryl methyl sites for hydroxylation is 1. The largest absolute Gasteiger partial charge is 0.494 e. The molecule has 0 aliphatic heterocycles. The summed E-state index contributed by atoms with van der Waals surface area (Å²) in [5.41, 5.74) is 2.14. The van der Waals surface area contributed by atoms with Crippen LogP contribution in [0, 0.1) is 6.92 Å². The Morgan fingerprint density at radius 3 is 2.50 bits per heavy atom. The third-order valence-electron chi connectivity index (χ3n) is 3.06. The fraction of sp³-hybridized carbons (Fsp3) is 0.312. The fourth-order valence-electron chi connectivity index (χ4n) is 1.97. The van der Waals surface area contributed by atoms with E-state index >= 15 is 0 Å². The summed E-state index contributed by atoms with van der Waals surface area (Å²) < 4.78 is 5.41. The number of rotatable bonds is 5. The highest BCUT2D eigenvalue weighted by Crippen LogP contribution is 2.19. The monoisotopic (exact) mass is 289 g/mol. The van der Waals surface area contributed by atoms with Gasteiger partial charge in [-0.2, -0.15) is 0 Å². The van der Waals surface area contributed by atoms with E-state index in [1.54, 1.807) is 4.90 Å². The minimum atomic E-state index is 0.0754. The van der Waals surface area contributed by atoms with Gasteiger partial charge in [-0.05, 0) is 48.6 Å². The lowest BCUT2D eigenvalue weighted by atomic mass is 10.2. The Morgan fingerprint density at radius 1 is 1.25 bits per heavy atom. The first kappa shape index (κ1) is 14.6. The van der Waals surface area contributed by atoms with Crippen LogP contribution in [0.4, 0.5) is 0 Å². The van der Waals surface area contributed by atoms with Crippen molar-refractivity contribution in [3.8, 4) is 5.75 Å². The van der Waals surface area contributed by atoms with E-state index in [2.05, 4.69) is 0 Å². The van der Waals surface area contributed by atoms with Crippen LogP contribution >= 0.6 is 11.3 Å². The van der Waals surface area contributed by atoms with Crippen LogP contribution in [0.1, 0.15) is 27.7 Å². The van der Waals surface area contributed by atoms with Crippen LogP contribution in [-0.4, -0.2) is 24.5 Å². The first-order valence-corrected chi connectivity index (χ1v) is 7.51. The van der Waals surface area contributed by atoms with Gasteiger partial charge in [-0.15, -0.1) is 11.3 Å². The van der Waals surface area contributed by atoms with Crippen LogP contribution in [0.5, 0.6) is 5.75 Å². The minimum Gasteiger partial charge on any atom is -0.494 e. The zero-order valence-corrected chi connectivity index (χ0v) is 12.9. The number of amides is 1. The Kier molecular flexibility index (Phi) is 4.79. The summed E-state index contributed by atoms with van der Waals surface area (Å²) in [5, 5.41) is 1.95. The van der Waals surface area contributed by atoms with Gasteiger partial charge in [0.1, 0.15) is 5.75 Å². The second-order valence-corrected chi connectivity index (χ2v) is 5.59. The SMILES string of the molecule is CCOc1ccc(CN(C)C(=O)c2sccc2C)cc1. The number of ether oxygens (including phenoxy) is 1. The van der Waals surface area contributed by atoms with E-state index in [1.807, 2.05) is 56.6 Å². The van der Waals surface area contributed by atoms with Crippen LogP contribution in [-0.2, 0) is 6.54 Å². The standard InChI is InChI=1S/C16H19NO2S/c1-4-19-14-7-5-13(6-8-14)11-17(3)16(18)15-12(2)9-10-20-15/h5-10H,4,11H2,1-3H3. The summed E-state index contributed by atoms with van der Waals surface area (Å²) in [6.45, 7) is 5.19. The van der Waals surface area contributed by atoms with Gasteiger partial charge in [-0.3, -0.25) is 4.79 Å². The summed E-state index contributed by atoms with van der Waals surface area (Å²) in [6.07, 6.45) is 0. The Labute approximate surface area is 123 Å². The van der Waals surface area contributed by atoms with Crippen molar-refractivity contribution in [2.45, 2.75) is 20.4 Å². The second kappa shape index (κ2) is 6.57. The highest BCUT2D eigenvalue weighted by Gasteiger charge is 2.15. The zero-order valence-electron chi connectivity index (χ0n) is 12.1. The maximum atomic E-state index is 12.3. The molecule has 20 heavy (non-hydrogen) atoms. The van der Waals surface area contributed by atoms with E-state index in [0.29, 0.717) is 13.2 Å². The van der Waals surface area contributed by atoms with Crippen molar-refractivity contribution in [1.82, 2.24) is 4.90 Å². The number of benzene rings is 1. The highest BCUT2D eigenvalue weighted by atomic mass is 32.1. The number of carbonyl (C=O) groups excluding carboxylic acids is 1. The molecule has 4 heteroatoms. The predicted molar refractivity (Wildman–Crippen MR) is 82.5 cm³/mol. The molecular formula is C16H19NO2S. The molecule has 0 saturated carbocycles. The van der Waals surface area contributed by atoms with Crippen LogP contribution in [0.15, 0.2) is 35.7 Å². The summed E-state index contributed by atoms with van der Waals surface area (Å²) >= 11 is 1.49. The quantitative estimate of drug-likeness (QED) is 0.839. The molecule has 0 spiro atoms. The Hall–Kier alpha value is -1.81. The molecule has 0 unspecified atom stereocenters. The van der Waals surface area contributed by atoms with Gasteiger partial charge in [0.25, 0.3) is 5.91 Å². The van der Waals surface area contributed by atoms with Gasteiger partial charge < -0.3 is 9.64 Å². The molecule has 106 valence electrons. The first-order chi connectivity index (χ1) is 9.61. The average Bonchev–Trinajstić information content (AvgIpc) is 2.86. The minimum absolute atomic E-state index is 0.0754. The number of nitrogens with zero attached hydrogens (tertiary/aromatic N) is 1. The highest BCUT2D eigenvalue weighted by molar-refractivity contribution is 7.12. The molecule has 0 fully saturated rings. The molecule has 0 aliphatic rings. The number of thiophene rings is 1.